The minimum atomic E-state index is -0.197. The zero-order valence-electron chi connectivity index (χ0n) is 16.2. The summed E-state index contributed by atoms with van der Waals surface area (Å²) in [7, 11) is 0. The van der Waals surface area contributed by atoms with E-state index >= 15 is 0 Å². The summed E-state index contributed by atoms with van der Waals surface area (Å²) in [4.78, 5) is 30.0. The molecule has 2 aliphatic heterocycles. The number of para-hydroxylation sites is 1. The predicted molar refractivity (Wildman–Crippen MR) is 107 cm³/mol. The first-order chi connectivity index (χ1) is 12.9. The highest BCUT2D eigenvalue weighted by molar-refractivity contribution is 6.37. The summed E-state index contributed by atoms with van der Waals surface area (Å²) in [6, 6.07) is 13.9. The number of imide groups is 1. The lowest BCUT2D eigenvalue weighted by molar-refractivity contribution is -0.138. The van der Waals surface area contributed by atoms with Crippen LogP contribution in [0.3, 0.4) is 0 Å². The number of aryl methyl sites for hydroxylation is 2. The van der Waals surface area contributed by atoms with Gasteiger partial charge in [0.15, 0.2) is 0 Å². The van der Waals surface area contributed by atoms with Crippen LogP contribution in [0.2, 0.25) is 0 Å². The van der Waals surface area contributed by atoms with Crippen LogP contribution in [0.5, 0.6) is 0 Å². The van der Waals surface area contributed by atoms with Gasteiger partial charge in [-0.2, -0.15) is 0 Å². The van der Waals surface area contributed by atoms with Crippen molar-refractivity contribution >= 4 is 23.1 Å². The molecule has 0 aliphatic carbocycles. The Labute approximate surface area is 160 Å². The van der Waals surface area contributed by atoms with E-state index in [-0.39, 0.29) is 17.9 Å². The Hall–Kier alpha value is -2.88. The summed E-state index contributed by atoms with van der Waals surface area (Å²) in [6.07, 6.45) is 0.878. The standard InChI is InChI=1S/C23H24N2O2/c1-14(2)25-22(26)20(18-10-9-15(3)16(4)13-18)21(23(25)27)24-12-11-17-7-5-6-8-19(17)24/h5-10,13-14H,11-12H2,1-4H3. The molecule has 0 radical (unpaired) electrons. The number of anilines is 1. The number of rotatable bonds is 3. The molecule has 0 bridgehead atoms. The number of carbonyl (C=O) groups excluding carboxylic acids is 2. The van der Waals surface area contributed by atoms with Gasteiger partial charge >= 0.3 is 0 Å². The molecule has 2 heterocycles. The Morgan fingerprint density at radius 3 is 2.37 bits per heavy atom. The Morgan fingerprint density at radius 2 is 1.67 bits per heavy atom. The van der Waals surface area contributed by atoms with Gasteiger partial charge < -0.3 is 4.90 Å². The lowest BCUT2D eigenvalue weighted by atomic mass is 9.99. The van der Waals surface area contributed by atoms with Crippen LogP contribution in [0.1, 0.15) is 36.1 Å². The third kappa shape index (κ3) is 2.67. The van der Waals surface area contributed by atoms with Gasteiger partial charge in [0.05, 0.1) is 5.57 Å². The van der Waals surface area contributed by atoms with E-state index in [1.807, 2.05) is 69.0 Å². The van der Waals surface area contributed by atoms with E-state index in [0.29, 0.717) is 17.8 Å². The quantitative estimate of drug-likeness (QED) is 0.781. The number of benzene rings is 2. The summed E-state index contributed by atoms with van der Waals surface area (Å²) in [5.41, 5.74) is 6.39. The molecule has 2 aromatic carbocycles. The third-order valence-corrected chi connectivity index (χ3v) is 5.56. The van der Waals surface area contributed by atoms with Gasteiger partial charge in [0.2, 0.25) is 0 Å². The second kappa shape index (κ2) is 6.38. The highest BCUT2D eigenvalue weighted by atomic mass is 16.2. The molecule has 0 atom stereocenters. The smallest absolute Gasteiger partial charge is 0.278 e. The topological polar surface area (TPSA) is 40.6 Å². The molecule has 27 heavy (non-hydrogen) atoms. The maximum Gasteiger partial charge on any atom is 0.278 e. The summed E-state index contributed by atoms with van der Waals surface area (Å²) < 4.78 is 0. The van der Waals surface area contributed by atoms with E-state index < -0.39 is 0 Å². The Balaban J connectivity index is 1.92. The van der Waals surface area contributed by atoms with Crippen LogP contribution in [0, 0.1) is 13.8 Å². The van der Waals surface area contributed by atoms with Crippen molar-refractivity contribution in [2.75, 3.05) is 11.4 Å². The molecule has 138 valence electrons. The van der Waals surface area contributed by atoms with Gasteiger partial charge in [0, 0.05) is 18.3 Å². The molecule has 4 heteroatoms. The van der Waals surface area contributed by atoms with Gasteiger partial charge in [0.1, 0.15) is 5.70 Å². The Bertz CT molecular complexity index is 988. The van der Waals surface area contributed by atoms with E-state index in [1.54, 1.807) is 0 Å². The summed E-state index contributed by atoms with van der Waals surface area (Å²) in [5, 5.41) is 0. The van der Waals surface area contributed by atoms with E-state index in [1.165, 1.54) is 16.0 Å². The van der Waals surface area contributed by atoms with Crippen molar-refractivity contribution in [1.82, 2.24) is 4.90 Å². The largest absolute Gasteiger partial charge is 0.336 e. The molecule has 0 N–H and O–H groups in total. The summed E-state index contributed by atoms with van der Waals surface area (Å²) >= 11 is 0. The maximum absolute atomic E-state index is 13.3. The van der Waals surface area contributed by atoms with Crippen molar-refractivity contribution in [2.45, 2.75) is 40.2 Å². The van der Waals surface area contributed by atoms with Crippen LogP contribution in [-0.4, -0.2) is 29.3 Å². The number of hydrogen-bond acceptors (Lipinski definition) is 3. The molecule has 2 amide bonds. The molecule has 4 rings (SSSR count). The van der Waals surface area contributed by atoms with Crippen LogP contribution < -0.4 is 4.90 Å². The zero-order valence-corrected chi connectivity index (χ0v) is 16.2. The number of fused-ring (bicyclic) bond motifs is 1. The maximum atomic E-state index is 13.3. The fraction of sp³-hybridized carbons (Fsp3) is 0.304. The van der Waals surface area contributed by atoms with Crippen molar-refractivity contribution < 1.29 is 9.59 Å². The van der Waals surface area contributed by atoms with Gasteiger partial charge in [-0.05, 0) is 62.4 Å². The highest BCUT2D eigenvalue weighted by Gasteiger charge is 2.44. The van der Waals surface area contributed by atoms with Crippen molar-refractivity contribution in [2.24, 2.45) is 0 Å². The predicted octanol–water partition coefficient (Wildman–Crippen LogP) is 3.85. The van der Waals surface area contributed by atoms with Gasteiger partial charge in [-0.15, -0.1) is 0 Å². The molecule has 0 fully saturated rings. The highest BCUT2D eigenvalue weighted by Crippen LogP contribution is 2.39. The first kappa shape index (κ1) is 17.5. The Morgan fingerprint density at radius 1 is 0.926 bits per heavy atom. The molecule has 2 aromatic rings. The van der Waals surface area contributed by atoms with Crippen molar-refractivity contribution in [3.8, 4) is 0 Å². The van der Waals surface area contributed by atoms with Crippen LogP contribution in [-0.2, 0) is 16.0 Å². The molecule has 0 saturated carbocycles. The van der Waals surface area contributed by atoms with Crippen molar-refractivity contribution in [3.63, 3.8) is 0 Å². The lowest BCUT2D eigenvalue weighted by Gasteiger charge is -2.23. The fourth-order valence-corrected chi connectivity index (χ4v) is 3.98. The number of nitrogens with zero attached hydrogens (tertiary/aromatic N) is 2. The van der Waals surface area contributed by atoms with E-state index in [4.69, 9.17) is 0 Å². The van der Waals surface area contributed by atoms with Crippen molar-refractivity contribution in [1.29, 1.82) is 0 Å². The molecule has 4 nitrogen and oxygen atoms in total. The van der Waals surface area contributed by atoms with Crippen molar-refractivity contribution in [3.05, 3.63) is 70.4 Å². The second-order valence-electron chi connectivity index (χ2n) is 7.63. The Kier molecular flexibility index (Phi) is 4.14. The first-order valence-electron chi connectivity index (χ1n) is 9.45. The number of hydrogen-bond donors (Lipinski definition) is 0. The van der Waals surface area contributed by atoms with Gasteiger partial charge in [0.25, 0.3) is 11.8 Å². The van der Waals surface area contributed by atoms with Gasteiger partial charge in [-0.1, -0.05) is 36.4 Å². The van der Waals surface area contributed by atoms with Crippen LogP contribution in [0.15, 0.2) is 48.2 Å². The zero-order chi connectivity index (χ0) is 19.3. The van der Waals surface area contributed by atoms with E-state index in [0.717, 1.165) is 23.2 Å². The molecule has 0 spiro atoms. The monoisotopic (exact) mass is 360 g/mol. The second-order valence-corrected chi connectivity index (χ2v) is 7.63. The molecule has 0 unspecified atom stereocenters. The number of carbonyl (C=O) groups is 2. The molecule has 0 aromatic heterocycles. The molecule has 0 saturated heterocycles. The van der Waals surface area contributed by atoms with Gasteiger partial charge in [-0.3, -0.25) is 14.5 Å². The van der Waals surface area contributed by atoms with Crippen LogP contribution >= 0.6 is 0 Å². The molecular weight excluding hydrogens is 336 g/mol. The van der Waals surface area contributed by atoms with E-state index in [9.17, 15) is 9.59 Å². The minimum Gasteiger partial charge on any atom is -0.336 e. The molecular formula is C23H24N2O2. The lowest BCUT2D eigenvalue weighted by Crippen LogP contribution is -2.39. The molecule has 2 aliphatic rings. The average Bonchev–Trinajstić information content (AvgIpc) is 3.15. The SMILES string of the molecule is Cc1ccc(C2=C(N3CCc4ccccc43)C(=O)N(C(C)C)C2=O)cc1C. The van der Waals surface area contributed by atoms with E-state index in [2.05, 4.69) is 6.07 Å². The minimum absolute atomic E-state index is 0.179. The summed E-state index contributed by atoms with van der Waals surface area (Å²) in [5.74, 6) is -0.391. The summed E-state index contributed by atoms with van der Waals surface area (Å²) in [6.45, 7) is 8.57. The fourth-order valence-electron chi connectivity index (χ4n) is 3.98. The van der Waals surface area contributed by atoms with Crippen LogP contribution in [0.25, 0.3) is 5.57 Å². The van der Waals surface area contributed by atoms with Gasteiger partial charge in [-0.25, -0.2) is 0 Å². The normalized spacial score (nSPS) is 16.8. The first-order valence-corrected chi connectivity index (χ1v) is 9.45. The number of amides is 2. The third-order valence-electron chi connectivity index (χ3n) is 5.56. The van der Waals surface area contributed by atoms with Crippen LogP contribution in [0.4, 0.5) is 5.69 Å². The average molecular weight is 360 g/mol.